The molecule has 0 unspecified atom stereocenters. The maximum atomic E-state index is 17.1. The third-order valence-corrected chi connectivity index (χ3v) is 9.56. The first-order valence-corrected chi connectivity index (χ1v) is 14.2. The summed E-state index contributed by atoms with van der Waals surface area (Å²) in [5.41, 5.74) is 6.91. The molecule has 0 spiro atoms. The topological polar surface area (TPSA) is 77.9 Å². The largest absolute Gasteiger partial charge is 0.352 e. The number of aromatic nitrogens is 5. The summed E-state index contributed by atoms with van der Waals surface area (Å²) >= 11 is 0. The lowest BCUT2D eigenvalue weighted by Gasteiger charge is -2.52. The van der Waals surface area contributed by atoms with Crippen molar-refractivity contribution in [2.45, 2.75) is 52.1 Å². The monoisotopic (exact) mass is 540 g/mol. The number of aryl methyl sites for hydroxylation is 2. The molecule has 0 saturated carbocycles. The van der Waals surface area contributed by atoms with Crippen LogP contribution in [0.1, 0.15) is 42.5 Å². The van der Waals surface area contributed by atoms with Crippen molar-refractivity contribution in [2.24, 2.45) is 0 Å². The number of halogens is 1. The first-order valence-electron chi connectivity index (χ1n) is 14.2. The molecule has 208 valence electrons. The fraction of sp³-hybridized carbons (Fsp3) is 0.452. The van der Waals surface area contributed by atoms with Gasteiger partial charge in [0.15, 0.2) is 5.82 Å². The van der Waals surface area contributed by atoms with E-state index in [-0.39, 0.29) is 17.4 Å². The lowest BCUT2D eigenvalue weighted by Crippen LogP contribution is -2.67. The maximum absolute atomic E-state index is 17.1. The third kappa shape index (κ3) is 3.60. The zero-order valence-corrected chi connectivity index (χ0v) is 24.2. The standard InChI is InChI=1S/C31H37FN8/c1-17-12-24-22(13-34-37-24)26(19(17)3)25-18(2)11-21-28(27(25)32)36-30(39-15-31(4,16-39)38(5)6)23-14-35-40(29(21)23)20-7-9-33-10-8-20/h11-14,20,33H,7-10,15-16H2,1-6H3,(H,34,37). The molecule has 5 aromatic rings. The van der Waals surface area contributed by atoms with Crippen molar-refractivity contribution in [3.63, 3.8) is 0 Å². The molecule has 9 heteroatoms. The second-order valence-corrected chi connectivity index (χ2v) is 12.3. The zero-order chi connectivity index (χ0) is 27.9. The van der Waals surface area contributed by atoms with E-state index in [0.717, 1.165) is 94.3 Å². The number of rotatable bonds is 4. The molecular weight excluding hydrogens is 503 g/mol. The van der Waals surface area contributed by atoms with Crippen molar-refractivity contribution < 1.29 is 4.39 Å². The van der Waals surface area contributed by atoms with Crippen molar-refractivity contribution in [2.75, 3.05) is 45.2 Å². The van der Waals surface area contributed by atoms with Crippen molar-refractivity contribution in [1.82, 2.24) is 35.2 Å². The molecule has 2 aliphatic rings. The van der Waals surface area contributed by atoms with Crippen LogP contribution in [0, 0.1) is 26.6 Å². The fourth-order valence-corrected chi connectivity index (χ4v) is 6.75. The molecule has 2 aromatic carbocycles. The fourth-order valence-electron chi connectivity index (χ4n) is 6.75. The van der Waals surface area contributed by atoms with E-state index in [0.29, 0.717) is 11.1 Å². The lowest BCUT2D eigenvalue weighted by atomic mass is 9.89. The Kier molecular flexibility index (Phi) is 5.70. The van der Waals surface area contributed by atoms with E-state index >= 15 is 4.39 Å². The summed E-state index contributed by atoms with van der Waals surface area (Å²) in [6.45, 7) is 12.0. The number of fused-ring (bicyclic) bond motifs is 4. The van der Waals surface area contributed by atoms with Crippen molar-refractivity contribution in [3.8, 4) is 11.1 Å². The Balaban J connectivity index is 1.52. The van der Waals surface area contributed by atoms with Gasteiger partial charge in [0.05, 0.1) is 40.4 Å². The number of anilines is 1. The second-order valence-electron chi connectivity index (χ2n) is 12.3. The third-order valence-electron chi connectivity index (χ3n) is 9.56. The van der Waals surface area contributed by atoms with Gasteiger partial charge in [-0.05, 0) is 102 Å². The molecule has 0 aliphatic carbocycles. The maximum Gasteiger partial charge on any atom is 0.157 e. The van der Waals surface area contributed by atoms with Crippen molar-refractivity contribution in [1.29, 1.82) is 0 Å². The molecule has 2 aliphatic heterocycles. The molecule has 0 amide bonds. The van der Waals surface area contributed by atoms with Crippen LogP contribution in [0.15, 0.2) is 24.5 Å². The van der Waals surface area contributed by atoms with E-state index in [1.807, 2.05) is 13.1 Å². The van der Waals surface area contributed by atoms with Gasteiger partial charge in [-0.3, -0.25) is 9.78 Å². The van der Waals surface area contributed by atoms with E-state index < -0.39 is 0 Å². The average Bonchev–Trinajstić information content (AvgIpc) is 3.57. The quantitative estimate of drug-likeness (QED) is 0.324. The molecule has 8 nitrogen and oxygen atoms in total. The summed E-state index contributed by atoms with van der Waals surface area (Å²) in [5.74, 6) is 0.549. The number of aromatic amines is 1. The van der Waals surface area contributed by atoms with Crippen LogP contribution in [0.4, 0.5) is 10.2 Å². The number of nitrogens with zero attached hydrogens (tertiary/aromatic N) is 6. The number of benzene rings is 2. The van der Waals surface area contributed by atoms with Crippen molar-refractivity contribution in [3.05, 3.63) is 47.0 Å². The number of H-pyrrole nitrogens is 1. The van der Waals surface area contributed by atoms with Crippen LogP contribution in [0.2, 0.25) is 0 Å². The highest BCUT2D eigenvalue weighted by atomic mass is 19.1. The Morgan fingerprint density at radius 2 is 1.73 bits per heavy atom. The summed E-state index contributed by atoms with van der Waals surface area (Å²) in [5, 5.41) is 18.5. The van der Waals surface area contributed by atoms with Gasteiger partial charge in [-0.2, -0.15) is 10.2 Å². The van der Waals surface area contributed by atoms with Gasteiger partial charge in [0.2, 0.25) is 0 Å². The molecule has 40 heavy (non-hydrogen) atoms. The SMILES string of the molecule is Cc1cc2[nH]ncc2c(-c2c(C)cc3c(nc(N4CC(C)(N(C)C)C4)c4cnn(C5CCNCC5)c43)c2F)c1C. The van der Waals surface area contributed by atoms with Gasteiger partial charge in [-0.25, -0.2) is 9.37 Å². The number of pyridine rings is 1. The van der Waals surface area contributed by atoms with Crippen LogP contribution in [0.5, 0.6) is 0 Å². The van der Waals surface area contributed by atoms with Crippen molar-refractivity contribution >= 4 is 38.5 Å². The minimum atomic E-state index is -0.275. The number of piperidine rings is 1. The van der Waals surface area contributed by atoms with Crippen LogP contribution < -0.4 is 10.2 Å². The summed E-state index contributed by atoms with van der Waals surface area (Å²) in [6.07, 6.45) is 5.75. The van der Waals surface area contributed by atoms with Gasteiger partial charge < -0.3 is 15.1 Å². The van der Waals surface area contributed by atoms with Gasteiger partial charge in [-0.1, -0.05) is 0 Å². The highest BCUT2D eigenvalue weighted by Gasteiger charge is 2.42. The molecule has 3 aromatic heterocycles. The van der Waals surface area contributed by atoms with Crippen LogP contribution in [0.25, 0.3) is 43.8 Å². The van der Waals surface area contributed by atoms with E-state index in [2.05, 4.69) is 77.0 Å². The highest BCUT2D eigenvalue weighted by Crippen LogP contribution is 2.43. The van der Waals surface area contributed by atoms with Gasteiger partial charge in [0, 0.05) is 29.4 Å². The number of hydrogen-bond donors (Lipinski definition) is 2. The normalized spacial score (nSPS) is 17.9. The number of nitrogens with one attached hydrogen (secondary N) is 2. The molecule has 0 radical (unpaired) electrons. The summed E-state index contributed by atoms with van der Waals surface area (Å²) in [4.78, 5) is 9.64. The molecule has 7 rings (SSSR count). The Hall–Kier alpha value is -3.56. The summed E-state index contributed by atoms with van der Waals surface area (Å²) in [6, 6.07) is 4.48. The van der Waals surface area contributed by atoms with Gasteiger partial charge in [-0.15, -0.1) is 0 Å². The Labute approximate surface area is 233 Å². The van der Waals surface area contributed by atoms with E-state index in [9.17, 15) is 0 Å². The summed E-state index contributed by atoms with van der Waals surface area (Å²) < 4.78 is 19.2. The minimum Gasteiger partial charge on any atom is -0.352 e. The van der Waals surface area contributed by atoms with Gasteiger partial charge in [0.25, 0.3) is 0 Å². The highest BCUT2D eigenvalue weighted by molar-refractivity contribution is 6.11. The Bertz CT molecular complexity index is 1790. The smallest absolute Gasteiger partial charge is 0.157 e. The number of hydrogen-bond acceptors (Lipinski definition) is 6. The van der Waals surface area contributed by atoms with Gasteiger partial charge in [0.1, 0.15) is 11.3 Å². The molecule has 2 fully saturated rings. The molecule has 0 atom stereocenters. The Morgan fingerprint density at radius 1 is 0.975 bits per heavy atom. The second kappa shape index (κ2) is 8.97. The van der Waals surface area contributed by atoms with Crippen LogP contribution in [0.3, 0.4) is 0 Å². The summed E-state index contributed by atoms with van der Waals surface area (Å²) in [7, 11) is 4.23. The lowest BCUT2D eigenvalue weighted by molar-refractivity contribution is 0.133. The average molecular weight is 541 g/mol. The van der Waals surface area contributed by atoms with E-state index in [1.54, 1.807) is 6.20 Å². The molecule has 2 N–H and O–H groups in total. The number of likely N-dealkylation sites (N-methyl/N-ethyl adjacent to an activating group) is 1. The Morgan fingerprint density at radius 3 is 2.45 bits per heavy atom. The molecular formula is C31H37FN8. The van der Waals surface area contributed by atoms with Crippen LogP contribution in [-0.2, 0) is 0 Å². The molecule has 0 bridgehead atoms. The first-order chi connectivity index (χ1) is 19.2. The van der Waals surface area contributed by atoms with Crippen LogP contribution in [-0.4, -0.2) is 75.7 Å². The van der Waals surface area contributed by atoms with Gasteiger partial charge >= 0.3 is 0 Å². The first kappa shape index (κ1) is 25.4. The van der Waals surface area contributed by atoms with E-state index in [1.165, 1.54) is 0 Å². The predicted octanol–water partition coefficient (Wildman–Crippen LogP) is 5.26. The van der Waals surface area contributed by atoms with Crippen LogP contribution >= 0.6 is 0 Å². The van der Waals surface area contributed by atoms with E-state index in [4.69, 9.17) is 10.1 Å². The molecule has 5 heterocycles. The zero-order valence-electron chi connectivity index (χ0n) is 24.2. The molecule has 2 saturated heterocycles. The predicted molar refractivity (Wildman–Crippen MR) is 160 cm³/mol. The minimum absolute atomic E-state index is 0.0521.